The van der Waals surface area contributed by atoms with Crippen LogP contribution in [0.1, 0.15) is 24.2 Å². The third-order valence-electron chi connectivity index (χ3n) is 4.02. The zero-order valence-electron chi connectivity index (χ0n) is 12.2. The van der Waals surface area contributed by atoms with Gasteiger partial charge in [-0.15, -0.1) is 0 Å². The molecule has 0 unspecified atom stereocenters. The minimum Gasteiger partial charge on any atom is -0.388 e. The van der Waals surface area contributed by atoms with Gasteiger partial charge in [0.05, 0.1) is 0 Å². The number of anilines is 1. The average Bonchev–Trinajstić information content (AvgIpc) is 2.41. The quantitative estimate of drug-likeness (QED) is 0.883. The lowest BCUT2D eigenvalue weighted by molar-refractivity contribution is 0.0311. The van der Waals surface area contributed by atoms with E-state index in [1.54, 1.807) is 0 Å². The molecule has 1 saturated heterocycles. The molecule has 104 valence electrons. The minimum atomic E-state index is 0.0405. The molecule has 4 heteroatoms. The van der Waals surface area contributed by atoms with Crippen LogP contribution in [0.2, 0.25) is 0 Å². The number of hydrogen-bond acceptors (Lipinski definition) is 3. The number of amides is 1. The van der Waals surface area contributed by atoms with E-state index in [-0.39, 0.29) is 11.4 Å². The highest BCUT2D eigenvalue weighted by Crippen LogP contribution is 2.21. The van der Waals surface area contributed by atoms with Gasteiger partial charge in [-0.05, 0) is 45.2 Å². The molecule has 2 rings (SSSR count). The minimum absolute atomic E-state index is 0.0405. The summed E-state index contributed by atoms with van der Waals surface area (Å²) in [6.45, 7) is 6.85. The van der Waals surface area contributed by atoms with Crippen molar-refractivity contribution >= 4 is 11.6 Å². The van der Waals surface area contributed by atoms with E-state index >= 15 is 0 Å². The largest absolute Gasteiger partial charge is 0.388 e. The number of nitrogens with one attached hydrogen (secondary N) is 1. The van der Waals surface area contributed by atoms with Crippen molar-refractivity contribution in [3.8, 4) is 0 Å². The highest BCUT2D eigenvalue weighted by molar-refractivity contribution is 5.94. The Bertz CT molecular complexity index is 453. The molecule has 0 bridgehead atoms. The van der Waals surface area contributed by atoms with Gasteiger partial charge >= 0.3 is 0 Å². The van der Waals surface area contributed by atoms with Gasteiger partial charge in [0.2, 0.25) is 0 Å². The van der Waals surface area contributed by atoms with Gasteiger partial charge in [-0.25, -0.2) is 0 Å². The fourth-order valence-electron chi connectivity index (χ4n) is 2.38. The van der Waals surface area contributed by atoms with Gasteiger partial charge in [0, 0.05) is 43.5 Å². The van der Waals surface area contributed by atoms with Crippen molar-refractivity contribution in [2.75, 3.05) is 39.0 Å². The van der Waals surface area contributed by atoms with Crippen molar-refractivity contribution < 1.29 is 4.79 Å². The first-order valence-corrected chi connectivity index (χ1v) is 6.72. The Labute approximate surface area is 115 Å². The van der Waals surface area contributed by atoms with Crippen LogP contribution in [0.5, 0.6) is 0 Å². The number of likely N-dealkylation sites (N-methyl/N-ethyl adjacent to an activating group) is 1. The van der Waals surface area contributed by atoms with Crippen LogP contribution in [0.4, 0.5) is 5.69 Å². The van der Waals surface area contributed by atoms with Crippen LogP contribution < -0.4 is 5.32 Å². The fourth-order valence-corrected chi connectivity index (χ4v) is 2.38. The standard InChI is InChI=1S/C15H23N3O/c1-15(2)11-18(10-9-17(15)4)14(19)12-5-7-13(16-3)8-6-12/h5-8,16H,9-11H2,1-4H3. The number of carbonyl (C=O) groups excluding carboxylic acids is 1. The molecule has 0 atom stereocenters. The van der Waals surface area contributed by atoms with E-state index in [1.165, 1.54) is 0 Å². The van der Waals surface area contributed by atoms with Gasteiger partial charge in [-0.2, -0.15) is 0 Å². The first kappa shape index (κ1) is 13.9. The number of rotatable bonds is 2. The lowest BCUT2D eigenvalue weighted by Crippen LogP contribution is -2.58. The van der Waals surface area contributed by atoms with Crippen molar-refractivity contribution in [2.24, 2.45) is 0 Å². The Kier molecular flexibility index (Phi) is 3.80. The van der Waals surface area contributed by atoms with Gasteiger partial charge in [0.15, 0.2) is 0 Å². The van der Waals surface area contributed by atoms with Gasteiger partial charge in [-0.3, -0.25) is 9.69 Å². The van der Waals surface area contributed by atoms with Gasteiger partial charge in [0.1, 0.15) is 0 Å². The van der Waals surface area contributed by atoms with Crippen LogP contribution in [-0.2, 0) is 0 Å². The van der Waals surface area contributed by atoms with Gasteiger partial charge in [-0.1, -0.05) is 0 Å². The summed E-state index contributed by atoms with van der Waals surface area (Å²) in [6.07, 6.45) is 0. The fraction of sp³-hybridized carbons (Fsp3) is 0.533. The zero-order chi connectivity index (χ0) is 14.0. The Morgan fingerprint density at radius 2 is 1.84 bits per heavy atom. The number of carbonyl (C=O) groups is 1. The highest BCUT2D eigenvalue weighted by Gasteiger charge is 2.33. The molecule has 0 spiro atoms. The molecule has 4 nitrogen and oxygen atoms in total. The van der Waals surface area contributed by atoms with Crippen molar-refractivity contribution in [2.45, 2.75) is 19.4 Å². The summed E-state index contributed by atoms with van der Waals surface area (Å²) in [4.78, 5) is 16.7. The van der Waals surface area contributed by atoms with Crippen LogP contribution >= 0.6 is 0 Å². The van der Waals surface area contributed by atoms with E-state index in [1.807, 2.05) is 36.2 Å². The first-order chi connectivity index (χ1) is 8.94. The smallest absolute Gasteiger partial charge is 0.253 e. The van der Waals surface area contributed by atoms with Crippen molar-refractivity contribution in [1.29, 1.82) is 0 Å². The first-order valence-electron chi connectivity index (χ1n) is 6.72. The van der Waals surface area contributed by atoms with Gasteiger partial charge < -0.3 is 10.2 Å². The molecule has 0 radical (unpaired) electrons. The molecule has 1 fully saturated rings. The second kappa shape index (κ2) is 5.21. The second-order valence-corrected chi connectivity index (χ2v) is 5.79. The molecule has 0 saturated carbocycles. The van der Waals surface area contributed by atoms with Crippen molar-refractivity contribution in [1.82, 2.24) is 9.80 Å². The predicted molar refractivity (Wildman–Crippen MR) is 78.6 cm³/mol. The molecule has 1 heterocycles. The monoisotopic (exact) mass is 261 g/mol. The van der Waals surface area contributed by atoms with Gasteiger partial charge in [0.25, 0.3) is 5.91 Å². The van der Waals surface area contributed by atoms with Crippen LogP contribution in [-0.4, -0.2) is 55.0 Å². The maximum Gasteiger partial charge on any atom is 0.253 e. The molecular formula is C15H23N3O. The molecule has 19 heavy (non-hydrogen) atoms. The van der Waals surface area contributed by atoms with E-state index in [0.717, 1.165) is 30.9 Å². The average molecular weight is 261 g/mol. The van der Waals surface area contributed by atoms with E-state index in [9.17, 15) is 4.79 Å². The van der Waals surface area contributed by atoms with E-state index < -0.39 is 0 Å². The van der Waals surface area contributed by atoms with Crippen LogP contribution in [0.15, 0.2) is 24.3 Å². The van der Waals surface area contributed by atoms with E-state index in [2.05, 4.69) is 31.1 Å². The van der Waals surface area contributed by atoms with Crippen LogP contribution in [0, 0.1) is 0 Å². The molecule has 1 aliphatic rings. The molecule has 1 amide bonds. The zero-order valence-corrected chi connectivity index (χ0v) is 12.2. The number of benzene rings is 1. The molecule has 1 N–H and O–H groups in total. The molecule has 0 aromatic heterocycles. The normalized spacial score (nSPS) is 19.3. The molecule has 1 aromatic rings. The third kappa shape index (κ3) is 2.89. The SMILES string of the molecule is CNc1ccc(C(=O)N2CCN(C)C(C)(C)C2)cc1. The van der Waals surface area contributed by atoms with E-state index in [4.69, 9.17) is 0 Å². The summed E-state index contributed by atoms with van der Waals surface area (Å²) in [7, 11) is 3.99. The number of nitrogens with zero attached hydrogens (tertiary/aromatic N) is 2. The second-order valence-electron chi connectivity index (χ2n) is 5.79. The van der Waals surface area contributed by atoms with Crippen LogP contribution in [0.25, 0.3) is 0 Å². The summed E-state index contributed by atoms with van der Waals surface area (Å²) < 4.78 is 0. The lowest BCUT2D eigenvalue weighted by atomic mass is 9.99. The highest BCUT2D eigenvalue weighted by atomic mass is 16.2. The number of hydrogen-bond donors (Lipinski definition) is 1. The maximum atomic E-state index is 12.5. The third-order valence-corrected chi connectivity index (χ3v) is 4.02. The molecule has 1 aromatic carbocycles. The number of piperazine rings is 1. The Morgan fingerprint density at radius 1 is 1.21 bits per heavy atom. The van der Waals surface area contributed by atoms with E-state index in [0.29, 0.717) is 0 Å². The summed E-state index contributed by atoms with van der Waals surface area (Å²) in [5.74, 6) is 0.129. The summed E-state index contributed by atoms with van der Waals surface area (Å²) >= 11 is 0. The predicted octanol–water partition coefficient (Wildman–Crippen LogP) is 1.89. The summed E-state index contributed by atoms with van der Waals surface area (Å²) in [5, 5.41) is 3.06. The Morgan fingerprint density at radius 3 is 2.37 bits per heavy atom. The lowest BCUT2D eigenvalue weighted by Gasteiger charge is -2.45. The van der Waals surface area contributed by atoms with Crippen molar-refractivity contribution in [3.05, 3.63) is 29.8 Å². The summed E-state index contributed by atoms with van der Waals surface area (Å²) in [5.41, 5.74) is 1.83. The van der Waals surface area contributed by atoms with Crippen LogP contribution in [0.3, 0.4) is 0 Å². The molecule has 0 aliphatic carbocycles. The Hall–Kier alpha value is -1.55. The summed E-state index contributed by atoms with van der Waals surface area (Å²) in [6, 6.07) is 7.65. The molecule has 1 aliphatic heterocycles. The Balaban J connectivity index is 2.11. The molecular weight excluding hydrogens is 238 g/mol. The maximum absolute atomic E-state index is 12.5. The topological polar surface area (TPSA) is 35.6 Å². The van der Waals surface area contributed by atoms with Crippen molar-refractivity contribution in [3.63, 3.8) is 0 Å².